The van der Waals surface area contributed by atoms with Crippen LogP contribution in [-0.4, -0.2) is 22.6 Å². The fourth-order valence-corrected chi connectivity index (χ4v) is 1.39. The number of rotatable bonds is 5. The first-order chi connectivity index (χ1) is 7.93. The van der Waals surface area contributed by atoms with Crippen LogP contribution in [-0.2, 0) is 12.6 Å². The molecule has 1 aromatic heterocycles. The van der Waals surface area contributed by atoms with Crippen LogP contribution in [0.15, 0.2) is 12.3 Å². The van der Waals surface area contributed by atoms with E-state index in [1.807, 2.05) is 13.8 Å². The zero-order valence-electron chi connectivity index (χ0n) is 9.88. The molecule has 0 saturated heterocycles. The quantitative estimate of drug-likeness (QED) is 0.868. The van der Waals surface area contributed by atoms with Crippen molar-refractivity contribution in [1.29, 1.82) is 0 Å². The van der Waals surface area contributed by atoms with Crippen molar-refractivity contribution < 1.29 is 13.2 Å². The Morgan fingerprint density at radius 3 is 2.71 bits per heavy atom. The van der Waals surface area contributed by atoms with Gasteiger partial charge in [0.2, 0.25) is 0 Å². The molecule has 17 heavy (non-hydrogen) atoms. The first-order valence-electron chi connectivity index (χ1n) is 5.56. The average molecular weight is 247 g/mol. The zero-order chi connectivity index (χ0) is 12.9. The van der Waals surface area contributed by atoms with Crippen LogP contribution in [0.25, 0.3) is 0 Å². The molecule has 0 fully saturated rings. The third-order valence-electron chi connectivity index (χ3n) is 2.23. The standard InChI is InChI=1S/C11H16F3N3/c1-3-5-15-8(2)7-10-16-6-4-9(17-10)11(12,13)14/h4,6,8,15H,3,5,7H2,1-2H3. The molecule has 1 heterocycles. The lowest BCUT2D eigenvalue weighted by Gasteiger charge is -2.13. The second-order valence-electron chi connectivity index (χ2n) is 3.92. The maximum atomic E-state index is 12.4. The summed E-state index contributed by atoms with van der Waals surface area (Å²) >= 11 is 0. The molecule has 1 unspecified atom stereocenters. The van der Waals surface area contributed by atoms with E-state index < -0.39 is 11.9 Å². The lowest BCUT2D eigenvalue weighted by Crippen LogP contribution is -2.29. The Bertz CT molecular complexity index is 352. The lowest BCUT2D eigenvalue weighted by atomic mass is 10.2. The summed E-state index contributed by atoms with van der Waals surface area (Å²) in [5.41, 5.74) is -0.884. The van der Waals surface area contributed by atoms with Gasteiger partial charge in [-0.15, -0.1) is 0 Å². The SMILES string of the molecule is CCCNC(C)Cc1nccc(C(F)(F)F)n1. The molecule has 1 rings (SSSR count). The van der Waals surface area contributed by atoms with Gasteiger partial charge in [0.05, 0.1) is 0 Å². The van der Waals surface area contributed by atoms with Crippen molar-refractivity contribution in [1.82, 2.24) is 15.3 Å². The summed E-state index contributed by atoms with van der Waals surface area (Å²) in [6.45, 7) is 4.76. The maximum Gasteiger partial charge on any atom is 0.433 e. The average Bonchev–Trinajstić information content (AvgIpc) is 2.25. The van der Waals surface area contributed by atoms with Gasteiger partial charge in [0.25, 0.3) is 0 Å². The van der Waals surface area contributed by atoms with Crippen LogP contribution in [0.1, 0.15) is 31.8 Å². The third-order valence-corrected chi connectivity index (χ3v) is 2.23. The second kappa shape index (κ2) is 5.95. The summed E-state index contributed by atoms with van der Waals surface area (Å²) in [6, 6.07) is 0.951. The van der Waals surface area contributed by atoms with Crippen LogP contribution in [0, 0.1) is 0 Å². The van der Waals surface area contributed by atoms with Crippen LogP contribution in [0.5, 0.6) is 0 Å². The predicted octanol–water partition coefficient (Wildman–Crippen LogP) is 2.43. The summed E-state index contributed by atoms with van der Waals surface area (Å²) in [5, 5.41) is 3.18. The molecule has 1 aromatic rings. The molecule has 6 heteroatoms. The Balaban J connectivity index is 2.66. The number of nitrogens with one attached hydrogen (secondary N) is 1. The van der Waals surface area contributed by atoms with Gasteiger partial charge in [-0.25, -0.2) is 9.97 Å². The number of aromatic nitrogens is 2. The van der Waals surface area contributed by atoms with E-state index in [1.165, 1.54) is 0 Å². The van der Waals surface area contributed by atoms with Crippen molar-refractivity contribution in [3.8, 4) is 0 Å². The van der Waals surface area contributed by atoms with Crippen LogP contribution in [0.2, 0.25) is 0 Å². The van der Waals surface area contributed by atoms with E-state index in [0.717, 1.165) is 25.2 Å². The maximum absolute atomic E-state index is 12.4. The highest BCUT2D eigenvalue weighted by Gasteiger charge is 2.32. The summed E-state index contributed by atoms with van der Waals surface area (Å²) in [5.74, 6) is 0.218. The van der Waals surface area contributed by atoms with Crippen LogP contribution >= 0.6 is 0 Å². The predicted molar refractivity (Wildman–Crippen MR) is 58.5 cm³/mol. The normalized spacial score (nSPS) is 13.7. The molecule has 0 radical (unpaired) electrons. The zero-order valence-corrected chi connectivity index (χ0v) is 9.88. The van der Waals surface area contributed by atoms with Gasteiger partial charge in [0, 0.05) is 18.7 Å². The molecule has 0 aromatic carbocycles. The smallest absolute Gasteiger partial charge is 0.314 e. The van der Waals surface area contributed by atoms with Gasteiger partial charge in [0.15, 0.2) is 0 Å². The molecule has 0 spiro atoms. The van der Waals surface area contributed by atoms with Crippen LogP contribution in [0.3, 0.4) is 0 Å². The van der Waals surface area contributed by atoms with Crippen LogP contribution in [0.4, 0.5) is 13.2 Å². The molecular formula is C11H16F3N3. The van der Waals surface area contributed by atoms with E-state index in [9.17, 15) is 13.2 Å². The highest BCUT2D eigenvalue weighted by atomic mass is 19.4. The van der Waals surface area contributed by atoms with E-state index >= 15 is 0 Å². The Morgan fingerprint density at radius 2 is 2.12 bits per heavy atom. The monoisotopic (exact) mass is 247 g/mol. The number of halogens is 3. The second-order valence-corrected chi connectivity index (χ2v) is 3.92. The molecular weight excluding hydrogens is 231 g/mol. The minimum absolute atomic E-state index is 0.0680. The van der Waals surface area contributed by atoms with E-state index in [0.29, 0.717) is 6.42 Å². The summed E-state index contributed by atoms with van der Waals surface area (Å²) < 4.78 is 37.2. The molecule has 96 valence electrons. The Hall–Kier alpha value is -1.17. The number of hydrogen-bond donors (Lipinski definition) is 1. The highest BCUT2D eigenvalue weighted by Crippen LogP contribution is 2.26. The fourth-order valence-electron chi connectivity index (χ4n) is 1.39. The van der Waals surface area contributed by atoms with Crippen molar-refractivity contribution in [2.75, 3.05) is 6.54 Å². The third kappa shape index (κ3) is 4.68. The molecule has 1 atom stereocenters. The van der Waals surface area contributed by atoms with E-state index in [1.54, 1.807) is 0 Å². The van der Waals surface area contributed by atoms with Gasteiger partial charge in [-0.05, 0) is 26.0 Å². The van der Waals surface area contributed by atoms with Gasteiger partial charge < -0.3 is 5.32 Å². The van der Waals surface area contributed by atoms with E-state index in [4.69, 9.17) is 0 Å². The largest absolute Gasteiger partial charge is 0.433 e. The van der Waals surface area contributed by atoms with Crippen molar-refractivity contribution >= 4 is 0 Å². The minimum Gasteiger partial charge on any atom is -0.314 e. The molecule has 0 aliphatic heterocycles. The first kappa shape index (κ1) is 13.9. The fraction of sp³-hybridized carbons (Fsp3) is 0.636. The highest BCUT2D eigenvalue weighted by molar-refractivity contribution is 5.06. The lowest BCUT2D eigenvalue weighted by molar-refractivity contribution is -0.141. The number of hydrogen-bond acceptors (Lipinski definition) is 3. The van der Waals surface area contributed by atoms with Gasteiger partial charge >= 0.3 is 6.18 Å². The molecule has 0 amide bonds. The van der Waals surface area contributed by atoms with E-state index in [2.05, 4.69) is 15.3 Å². The summed E-state index contributed by atoms with van der Waals surface area (Å²) in [7, 11) is 0. The van der Waals surface area contributed by atoms with Gasteiger partial charge in [-0.1, -0.05) is 6.92 Å². The van der Waals surface area contributed by atoms with Gasteiger partial charge in [-0.3, -0.25) is 0 Å². The Kier molecular flexibility index (Phi) is 4.86. The van der Waals surface area contributed by atoms with Crippen LogP contribution < -0.4 is 5.32 Å². The van der Waals surface area contributed by atoms with E-state index in [-0.39, 0.29) is 11.9 Å². The summed E-state index contributed by atoms with van der Waals surface area (Å²) in [6.07, 6.45) is -1.88. The van der Waals surface area contributed by atoms with Crippen molar-refractivity contribution in [2.45, 2.75) is 38.9 Å². The molecule has 0 aliphatic rings. The van der Waals surface area contributed by atoms with Gasteiger partial charge in [-0.2, -0.15) is 13.2 Å². The Morgan fingerprint density at radius 1 is 1.41 bits per heavy atom. The van der Waals surface area contributed by atoms with Gasteiger partial charge in [0.1, 0.15) is 11.5 Å². The topological polar surface area (TPSA) is 37.8 Å². The van der Waals surface area contributed by atoms with Crippen molar-refractivity contribution in [3.63, 3.8) is 0 Å². The minimum atomic E-state index is -4.40. The molecule has 3 nitrogen and oxygen atoms in total. The molecule has 0 bridgehead atoms. The Labute approximate surface area is 98.5 Å². The molecule has 0 aliphatic carbocycles. The van der Waals surface area contributed by atoms with Crippen molar-refractivity contribution in [2.24, 2.45) is 0 Å². The summed E-state index contributed by atoms with van der Waals surface area (Å²) in [4.78, 5) is 7.37. The molecule has 0 saturated carbocycles. The number of nitrogens with zero attached hydrogens (tertiary/aromatic N) is 2. The first-order valence-corrected chi connectivity index (χ1v) is 5.56. The van der Waals surface area contributed by atoms with Crippen molar-refractivity contribution in [3.05, 3.63) is 23.8 Å². The molecule has 1 N–H and O–H groups in total. The number of alkyl halides is 3.